The van der Waals surface area contributed by atoms with E-state index in [0.717, 1.165) is 25.2 Å². The van der Waals surface area contributed by atoms with Crippen molar-refractivity contribution in [1.29, 1.82) is 0 Å². The van der Waals surface area contributed by atoms with Crippen LogP contribution in [0.5, 0.6) is 0 Å². The number of hydrogen-bond acceptors (Lipinski definition) is 4. The quantitative estimate of drug-likeness (QED) is 0.851. The zero-order chi connectivity index (χ0) is 11.4. The van der Waals surface area contributed by atoms with Crippen LogP contribution < -0.4 is 5.32 Å². The molecule has 0 aliphatic carbocycles. The van der Waals surface area contributed by atoms with E-state index in [0.29, 0.717) is 16.7 Å². The van der Waals surface area contributed by atoms with Crippen molar-refractivity contribution in [3.05, 3.63) is 17.8 Å². The van der Waals surface area contributed by atoms with E-state index in [2.05, 4.69) is 15.5 Å². The monoisotopic (exact) mass is 239 g/mol. The van der Waals surface area contributed by atoms with E-state index >= 15 is 0 Å². The van der Waals surface area contributed by atoms with Crippen LogP contribution in [0.1, 0.15) is 18.5 Å². The lowest BCUT2D eigenvalue weighted by atomic mass is 10.0. The molecule has 0 bridgehead atoms. The predicted molar refractivity (Wildman–Crippen MR) is 63.6 cm³/mol. The van der Waals surface area contributed by atoms with Crippen molar-refractivity contribution in [2.75, 3.05) is 18.8 Å². The van der Waals surface area contributed by atoms with Crippen molar-refractivity contribution in [3.63, 3.8) is 0 Å². The van der Waals surface area contributed by atoms with Gasteiger partial charge in [0, 0.05) is 5.75 Å². The van der Waals surface area contributed by atoms with E-state index in [4.69, 9.17) is 0 Å². The molecule has 1 aromatic rings. The van der Waals surface area contributed by atoms with E-state index in [1.807, 2.05) is 19.1 Å². The third-order valence-electron chi connectivity index (χ3n) is 2.79. The second kappa shape index (κ2) is 5.50. The maximum atomic E-state index is 12.0. The van der Waals surface area contributed by atoms with Crippen molar-refractivity contribution < 1.29 is 4.21 Å². The third-order valence-corrected chi connectivity index (χ3v) is 4.25. The minimum atomic E-state index is -1.00. The number of nitrogens with zero attached hydrogens (tertiary/aromatic N) is 2. The zero-order valence-corrected chi connectivity index (χ0v) is 10.3. The number of aryl methyl sites for hydroxylation is 1. The van der Waals surface area contributed by atoms with Gasteiger partial charge in [-0.3, -0.25) is 4.21 Å². The molecule has 0 unspecified atom stereocenters. The van der Waals surface area contributed by atoms with E-state index in [1.54, 1.807) is 0 Å². The Hall–Kier alpha value is -0.810. The molecule has 4 nitrogen and oxygen atoms in total. The lowest BCUT2D eigenvalue weighted by molar-refractivity contribution is 0.407. The molecule has 0 amide bonds. The highest BCUT2D eigenvalue weighted by Gasteiger charge is 2.17. The second-order valence-corrected chi connectivity index (χ2v) is 5.68. The minimum absolute atomic E-state index is 0.512. The molecule has 2 rings (SSSR count). The van der Waals surface area contributed by atoms with Gasteiger partial charge in [-0.25, -0.2) is 0 Å². The van der Waals surface area contributed by atoms with Gasteiger partial charge in [-0.1, -0.05) is 0 Å². The number of nitrogens with one attached hydrogen (secondary N) is 1. The summed E-state index contributed by atoms with van der Waals surface area (Å²) in [7, 11) is -1.00. The maximum Gasteiger partial charge on any atom is 0.149 e. The van der Waals surface area contributed by atoms with Gasteiger partial charge in [0.1, 0.15) is 5.03 Å². The van der Waals surface area contributed by atoms with Gasteiger partial charge in [0.15, 0.2) is 0 Å². The first kappa shape index (κ1) is 11.7. The third kappa shape index (κ3) is 3.09. The Kier molecular flexibility index (Phi) is 4.01. The molecular formula is C11H17N3OS. The Balaban J connectivity index is 1.94. The lowest BCUT2D eigenvalue weighted by Gasteiger charge is -2.21. The fourth-order valence-electron chi connectivity index (χ4n) is 1.87. The number of piperidine rings is 1. The smallest absolute Gasteiger partial charge is 0.149 e. The van der Waals surface area contributed by atoms with Gasteiger partial charge in [-0.2, -0.15) is 5.10 Å². The van der Waals surface area contributed by atoms with Crippen LogP contribution >= 0.6 is 0 Å². The zero-order valence-electron chi connectivity index (χ0n) is 9.48. The first-order valence-electron chi connectivity index (χ1n) is 5.65. The van der Waals surface area contributed by atoms with Gasteiger partial charge >= 0.3 is 0 Å². The topological polar surface area (TPSA) is 54.9 Å². The SMILES string of the molecule is Cc1ccc([S@@](=O)C[C@H]2CCCNC2)nn1. The summed E-state index contributed by atoms with van der Waals surface area (Å²) in [6.07, 6.45) is 2.35. The maximum absolute atomic E-state index is 12.0. The van der Waals surface area contributed by atoms with Gasteiger partial charge in [0.05, 0.1) is 16.5 Å². The molecule has 0 radical (unpaired) electrons. The van der Waals surface area contributed by atoms with E-state index in [-0.39, 0.29) is 0 Å². The highest BCUT2D eigenvalue weighted by molar-refractivity contribution is 7.84. The molecule has 1 aliphatic rings. The van der Waals surface area contributed by atoms with Gasteiger partial charge in [-0.05, 0) is 50.9 Å². The van der Waals surface area contributed by atoms with E-state index < -0.39 is 10.8 Å². The summed E-state index contributed by atoms with van der Waals surface area (Å²) in [5.41, 5.74) is 0.861. The highest BCUT2D eigenvalue weighted by Crippen LogP contribution is 2.14. The summed E-state index contributed by atoms with van der Waals surface area (Å²) >= 11 is 0. The molecule has 0 saturated carbocycles. The summed E-state index contributed by atoms with van der Waals surface area (Å²) in [5.74, 6) is 1.21. The molecule has 5 heteroatoms. The standard InChI is InChI=1S/C11H17N3OS/c1-9-4-5-11(14-13-9)16(15)8-10-3-2-6-12-7-10/h4-5,10,12H,2-3,6-8H2,1H3/t10-,16-/m0/s1. The number of hydrogen-bond donors (Lipinski definition) is 1. The van der Waals surface area contributed by atoms with Crippen LogP contribution in [0, 0.1) is 12.8 Å². The second-order valence-electron chi connectivity index (χ2n) is 4.24. The van der Waals surface area contributed by atoms with Gasteiger partial charge < -0.3 is 5.32 Å². The molecule has 88 valence electrons. The Morgan fingerprint density at radius 1 is 1.50 bits per heavy atom. The van der Waals surface area contributed by atoms with Crippen LogP contribution in [0.25, 0.3) is 0 Å². The average Bonchev–Trinajstić information content (AvgIpc) is 2.31. The fraction of sp³-hybridized carbons (Fsp3) is 0.636. The van der Waals surface area contributed by atoms with Gasteiger partial charge in [-0.15, -0.1) is 5.10 Å². The fourth-order valence-corrected chi connectivity index (χ4v) is 3.11. The molecule has 2 heterocycles. The summed E-state index contributed by atoms with van der Waals surface area (Å²) in [4.78, 5) is 0. The molecule has 1 saturated heterocycles. The van der Waals surface area contributed by atoms with Crippen LogP contribution in [-0.4, -0.2) is 33.2 Å². The van der Waals surface area contributed by atoms with Gasteiger partial charge in [0.25, 0.3) is 0 Å². The number of aromatic nitrogens is 2. The Morgan fingerprint density at radius 2 is 2.38 bits per heavy atom. The average molecular weight is 239 g/mol. The van der Waals surface area contributed by atoms with Crippen LogP contribution in [-0.2, 0) is 10.8 Å². The molecule has 0 aromatic carbocycles. The molecule has 1 fully saturated rings. The van der Waals surface area contributed by atoms with E-state index in [1.165, 1.54) is 6.42 Å². The molecule has 1 aliphatic heterocycles. The van der Waals surface area contributed by atoms with Crippen molar-refractivity contribution >= 4 is 10.8 Å². The molecule has 1 aromatic heterocycles. The predicted octanol–water partition coefficient (Wildman–Crippen LogP) is 0.892. The van der Waals surface area contributed by atoms with E-state index in [9.17, 15) is 4.21 Å². The summed E-state index contributed by atoms with van der Waals surface area (Å²) in [5, 5.41) is 11.8. The Morgan fingerprint density at radius 3 is 3.00 bits per heavy atom. The van der Waals surface area contributed by atoms with Crippen molar-refractivity contribution in [2.24, 2.45) is 5.92 Å². The lowest BCUT2D eigenvalue weighted by Crippen LogP contribution is -2.32. The summed E-state index contributed by atoms with van der Waals surface area (Å²) in [6.45, 7) is 3.95. The van der Waals surface area contributed by atoms with Crippen LogP contribution in [0.2, 0.25) is 0 Å². The van der Waals surface area contributed by atoms with Crippen molar-refractivity contribution in [3.8, 4) is 0 Å². The minimum Gasteiger partial charge on any atom is -0.316 e. The molecule has 16 heavy (non-hydrogen) atoms. The van der Waals surface area contributed by atoms with Crippen LogP contribution in [0.4, 0.5) is 0 Å². The normalized spacial score (nSPS) is 22.9. The van der Waals surface area contributed by atoms with Crippen molar-refractivity contribution in [1.82, 2.24) is 15.5 Å². The van der Waals surface area contributed by atoms with Crippen molar-refractivity contribution in [2.45, 2.75) is 24.8 Å². The Labute approximate surface area is 98.3 Å². The summed E-state index contributed by atoms with van der Waals surface area (Å²) < 4.78 is 12.0. The molecule has 1 N–H and O–H groups in total. The van der Waals surface area contributed by atoms with Crippen LogP contribution in [0.3, 0.4) is 0 Å². The highest BCUT2D eigenvalue weighted by atomic mass is 32.2. The number of rotatable bonds is 3. The first-order chi connectivity index (χ1) is 7.75. The molecule has 2 atom stereocenters. The molecule has 0 spiro atoms. The largest absolute Gasteiger partial charge is 0.316 e. The summed E-state index contributed by atoms with van der Waals surface area (Å²) in [6, 6.07) is 3.67. The first-order valence-corrected chi connectivity index (χ1v) is 6.97. The van der Waals surface area contributed by atoms with Crippen LogP contribution in [0.15, 0.2) is 17.2 Å². The van der Waals surface area contributed by atoms with Gasteiger partial charge in [0.2, 0.25) is 0 Å². The molecular weight excluding hydrogens is 222 g/mol. The Bertz CT molecular complexity index is 360.